The summed E-state index contributed by atoms with van der Waals surface area (Å²) in [5.41, 5.74) is -1.03. The molecule has 0 aliphatic carbocycles. The van der Waals surface area contributed by atoms with Gasteiger partial charge in [0.25, 0.3) is 11.8 Å². The molecule has 0 radical (unpaired) electrons. The minimum atomic E-state index is -4.75. The van der Waals surface area contributed by atoms with Crippen LogP contribution in [0.4, 0.5) is 23.7 Å². The maximum absolute atomic E-state index is 13.2. The minimum absolute atomic E-state index is 0.167. The van der Waals surface area contributed by atoms with E-state index in [4.69, 9.17) is 39.5 Å². The number of barbiturate groups is 1. The smallest absolute Gasteiger partial charge is 0.416 e. The van der Waals surface area contributed by atoms with Crippen LogP contribution in [0.5, 0.6) is 5.75 Å². The molecule has 12 heteroatoms. The van der Waals surface area contributed by atoms with E-state index in [1.54, 1.807) is 24.3 Å². The lowest BCUT2D eigenvalue weighted by Crippen LogP contribution is -2.54. The van der Waals surface area contributed by atoms with E-state index in [2.05, 4.69) is 0 Å². The van der Waals surface area contributed by atoms with E-state index in [9.17, 15) is 27.6 Å². The first-order valence-corrected chi connectivity index (χ1v) is 11.5. The molecule has 3 aromatic rings. The number of hydrogen-bond acceptors (Lipinski definition) is 4. The first-order chi connectivity index (χ1) is 17.4. The highest BCUT2D eigenvalue weighted by Gasteiger charge is 2.39. The average Bonchev–Trinajstić information content (AvgIpc) is 2.82. The molecule has 0 saturated carbocycles. The highest BCUT2D eigenvalue weighted by molar-refractivity contribution is 6.42. The monoisotopic (exact) mass is 568 g/mol. The Bertz CT molecular complexity index is 1440. The van der Waals surface area contributed by atoms with Crippen molar-refractivity contribution in [3.63, 3.8) is 0 Å². The van der Waals surface area contributed by atoms with Crippen LogP contribution < -0.4 is 15.0 Å². The lowest BCUT2D eigenvalue weighted by Gasteiger charge is -2.27. The number of urea groups is 1. The molecule has 0 bridgehead atoms. The molecule has 0 atom stereocenters. The van der Waals surface area contributed by atoms with Crippen LogP contribution in [0.15, 0.2) is 66.2 Å². The third-order valence-electron chi connectivity index (χ3n) is 5.19. The number of carbonyl (C=O) groups is 3. The number of anilines is 1. The number of halogens is 6. The Balaban J connectivity index is 1.60. The number of benzene rings is 3. The summed E-state index contributed by atoms with van der Waals surface area (Å²) >= 11 is 18.1. The fourth-order valence-corrected chi connectivity index (χ4v) is 3.94. The summed E-state index contributed by atoms with van der Waals surface area (Å²) in [5.74, 6) is -1.87. The van der Waals surface area contributed by atoms with Crippen molar-refractivity contribution >= 4 is 64.4 Å². The van der Waals surface area contributed by atoms with Crippen LogP contribution in [-0.2, 0) is 22.4 Å². The quantitative estimate of drug-likeness (QED) is 0.268. The molecule has 1 heterocycles. The van der Waals surface area contributed by atoms with Gasteiger partial charge < -0.3 is 4.74 Å². The van der Waals surface area contributed by atoms with Gasteiger partial charge in [-0.2, -0.15) is 13.2 Å². The number of nitrogens with zero attached hydrogens (tertiary/aromatic N) is 1. The van der Waals surface area contributed by atoms with Gasteiger partial charge in [-0.15, -0.1) is 0 Å². The van der Waals surface area contributed by atoms with Crippen LogP contribution in [0.2, 0.25) is 15.1 Å². The third kappa shape index (κ3) is 5.90. The minimum Gasteiger partial charge on any atom is -0.487 e. The van der Waals surface area contributed by atoms with Crippen molar-refractivity contribution in [3.05, 3.63) is 98.0 Å². The van der Waals surface area contributed by atoms with Gasteiger partial charge in [-0.1, -0.05) is 53.0 Å². The maximum atomic E-state index is 13.2. The summed E-state index contributed by atoms with van der Waals surface area (Å²) < 4.78 is 45.2. The summed E-state index contributed by atoms with van der Waals surface area (Å²) in [6, 6.07) is 12.4. The number of rotatable bonds is 5. The molecule has 6 nitrogen and oxygen atoms in total. The molecule has 0 aromatic heterocycles. The number of ether oxygens (including phenoxy) is 1. The van der Waals surface area contributed by atoms with Crippen molar-refractivity contribution < 1.29 is 32.3 Å². The van der Waals surface area contributed by atoms with Crippen molar-refractivity contribution in [2.75, 3.05) is 4.90 Å². The molecular formula is C25H14Cl3F3N2O4. The summed E-state index contributed by atoms with van der Waals surface area (Å²) in [7, 11) is 0. The molecule has 37 heavy (non-hydrogen) atoms. The highest BCUT2D eigenvalue weighted by atomic mass is 35.5. The molecule has 0 spiro atoms. The molecular weight excluding hydrogens is 556 g/mol. The molecule has 4 rings (SSSR count). The second kappa shape index (κ2) is 10.5. The SMILES string of the molecule is O=C1NC(=O)N(c2cc(C(F)(F)F)ccc2Cl)C(=O)/C1=C\c1ccc(OCc2ccc(Cl)cc2)c(Cl)c1. The standard InChI is InChI=1S/C25H14Cl3F3N2O4/c26-16-5-1-13(2-6-16)12-37-21-8-3-14(10-19(21)28)9-17-22(34)32-24(36)33(23(17)35)20-11-15(25(29,30)31)4-7-18(20)27/h1-11H,12H2,(H,32,34,36)/b17-9-. The number of imide groups is 2. The Hall–Kier alpha value is -3.53. The maximum Gasteiger partial charge on any atom is 0.416 e. The lowest BCUT2D eigenvalue weighted by molar-refractivity contribution is -0.137. The van der Waals surface area contributed by atoms with Crippen LogP contribution in [0.25, 0.3) is 6.08 Å². The van der Waals surface area contributed by atoms with E-state index in [1.807, 2.05) is 5.32 Å². The zero-order valence-corrected chi connectivity index (χ0v) is 20.7. The normalized spacial score (nSPS) is 15.2. The van der Waals surface area contributed by atoms with Gasteiger partial charge >= 0.3 is 12.2 Å². The summed E-state index contributed by atoms with van der Waals surface area (Å²) in [4.78, 5) is 38.2. The van der Waals surface area contributed by atoms with E-state index in [0.29, 0.717) is 33.4 Å². The third-order valence-corrected chi connectivity index (χ3v) is 6.06. The Kier molecular flexibility index (Phi) is 7.49. The van der Waals surface area contributed by atoms with Gasteiger partial charge in [0.2, 0.25) is 0 Å². The van der Waals surface area contributed by atoms with E-state index in [1.165, 1.54) is 18.2 Å². The number of amides is 4. The van der Waals surface area contributed by atoms with Crippen LogP contribution in [-0.4, -0.2) is 17.8 Å². The van der Waals surface area contributed by atoms with Crippen molar-refractivity contribution in [1.29, 1.82) is 0 Å². The van der Waals surface area contributed by atoms with Crippen molar-refractivity contribution in [2.24, 2.45) is 0 Å². The average molecular weight is 570 g/mol. The number of nitrogens with one attached hydrogen (secondary N) is 1. The molecule has 1 N–H and O–H groups in total. The molecule has 1 fully saturated rings. The van der Waals surface area contributed by atoms with Crippen LogP contribution in [0.3, 0.4) is 0 Å². The first-order valence-electron chi connectivity index (χ1n) is 10.4. The van der Waals surface area contributed by atoms with Gasteiger partial charge in [0.05, 0.1) is 21.3 Å². The largest absolute Gasteiger partial charge is 0.487 e. The second-order valence-corrected chi connectivity index (χ2v) is 8.98. The molecule has 1 aliphatic rings. The van der Waals surface area contributed by atoms with E-state index in [-0.39, 0.29) is 16.7 Å². The molecule has 3 aromatic carbocycles. The first kappa shape index (κ1) is 26.5. The van der Waals surface area contributed by atoms with Crippen LogP contribution in [0.1, 0.15) is 16.7 Å². The highest BCUT2D eigenvalue weighted by Crippen LogP contribution is 2.37. The molecule has 4 amide bonds. The molecule has 190 valence electrons. The summed E-state index contributed by atoms with van der Waals surface area (Å²) in [6.07, 6.45) is -3.61. The van der Waals surface area contributed by atoms with Gasteiger partial charge in [0.15, 0.2) is 0 Å². The zero-order valence-electron chi connectivity index (χ0n) is 18.4. The van der Waals surface area contributed by atoms with Crippen LogP contribution in [0, 0.1) is 0 Å². The van der Waals surface area contributed by atoms with E-state index >= 15 is 0 Å². The fourth-order valence-electron chi connectivity index (χ4n) is 3.37. The Labute approximate surface area is 223 Å². The van der Waals surface area contributed by atoms with Crippen molar-refractivity contribution in [1.82, 2.24) is 5.32 Å². The van der Waals surface area contributed by atoms with Crippen LogP contribution >= 0.6 is 34.8 Å². The van der Waals surface area contributed by atoms with E-state index < -0.39 is 40.8 Å². The van der Waals surface area contributed by atoms with Gasteiger partial charge in [0.1, 0.15) is 17.9 Å². The Morgan fingerprint density at radius 1 is 0.892 bits per heavy atom. The fraction of sp³-hybridized carbons (Fsp3) is 0.0800. The lowest BCUT2D eigenvalue weighted by atomic mass is 10.1. The molecule has 1 saturated heterocycles. The topological polar surface area (TPSA) is 75.7 Å². The van der Waals surface area contributed by atoms with Gasteiger partial charge in [-0.3, -0.25) is 14.9 Å². The zero-order chi connectivity index (χ0) is 26.9. The second-order valence-electron chi connectivity index (χ2n) is 7.73. The van der Waals surface area contributed by atoms with Crippen molar-refractivity contribution in [2.45, 2.75) is 12.8 Å². The number of alkyl halides is 3. The van der Waals surface area contributed by atoms with Crippen molar-refractivity contribution in [3.8, 4) is 5.75 Å². The molecule has 0 unspecified atom stereocenters. The summed E-state index contributed by atoms with van der Waals surface area (Å²) in [6.45, 7) is 0.201. The Morgan fingerprint density at radius 2 is 1.59 bits per heavy atom. The summed E-state index contributed by atoms with van der Waals surface area (Å²) in [5, 5.41) is 2.39. The van der Waals surface area contributed by atoms with Gasteiger partial charge in [0, 0.05) is 5.02 Å². The predicted octanol–water partition coefficient (Wildman–Crippen LogP) is 6.91. The number of hydrogen-bond donors (Lipinski definition) is 1. The predicted molar refractivity (Wildman–Crippen MR) is 133 cm³/mol. The number of carbonyl (C=O) groups excluding carboxylic acids is 3. The Morgan fingerprint density at radius 3 is 2.24 bits per heavy atom. The van der Waals surface area contributed by atoms with Gasteiger partial charge in [-0.05, 0) is 59.7 Å². The molecule has 1 aliphatic heterocycles. The van der Waals surface area contributed by atoms with E-state index in [0.717, 1.165) is 17.7 Å². The van der Waals surface area contributed by atoms with Gasteiger partial charge in [-0.25, -0.2) is 9.69 Å².